The lowest BCUT2D eigenvalue weighted by Gasteiger charge is -1.97. The molecule has 0 unspecified atom stereocenters. The quantitative estimate of drug-likeness (QED) is 0.716. The molecule has 0 bridgehead atoms. The number of aromatic amines is 1. The molecule has 0 atom stereocenters. The molecule has 0 spiro atoms. The van der Waals surface area contributed by atoms with E-state index in [4.69, 9.17) is 0 Å². The van der Waals surface area contributed by atoms with Crippen molar-refractivity contribution in [1.82, 2.24) is 4.98 Å². The lowest BCUT2D eigenvalue weighted by molar-refractivity contribution is 0.511. The number of benzene rings is 1. The van der Waals surface area contributed by atoms with Gasteiger partial charge in [-0.25, -0.2) is 8.78 Å². The van der Waals surface area contributed by atoms with Crippen molar-refractivity contribution in [3.05, 3.63) is 35.5 Å². The summed E-state index contributed by atoms with van der Waals surface area (Å²) >= 11 is 0. The molecule has 0 amide bonds. The highest BCUT2D eigenvalue weighted by atomic mass is 19.2. The Labute approximate surface area is 80.7 Å². The van der Waals surface area contributed by atoms with Gasteiger partial charge in [-0.15, -0.1) is 0 Å². The first-order chi connectivity index (χ1) is 6.58. The second kappa shape index (κ2) is 3.08. The van der Waals surface area contributed by atoms with Gasteiger partial charge in [-0.1, -0.05) is 13.8 Å². The summed E-state index contributed by atoms with van der Waals surface area (Å²) < 4.78 is 25.7. The molecule has 1 aromatic carbocycles. The zero-order valence-electron chi connectivity index (χ0n) is 8.07. The SMILES string of the molecule is CC(C)c1cc2cc(F)c(F)cc2[nH]1. The van der Waals surface area contributed by atoms with Crippen molar-refractivity contribution in [2.45, 2.75) is 19.8 Å². The first-order valence-electron chi connectivity index (χ1n) is 4.55. The van der Waals surface area contributed by atoms with Crippen LogP contribution in [-0.4, -0.2) is 4.98 Å². The summed E-state index contributed by atoms with van der Waals surface area (Å²) in [7, 11) is 0. The van der Waals surface area contributed by atoms with E-state index in [-0.39, 0.29) is 0 Å². The molecule has 0 saturated carbocycles. The lowest BCUT2D eigenvalue weighted by Crippen LogP contribution is -1.85. The lowest BCUT2D eigenvalue weighted by atomic mass is 10.1. The second-order valence-corrected chi connectivity index (χ2v) is 3.73. The molecule has 0 aliphatic rings. The Hall–Kier alpha value is -1.38. The molecule has 1 nitrogen and oxygen atoms in total. The highest BCUT2D eigenvalue weighted by Crippen LogP contribution is 2.22. The van der Waals surface area contributed by atoms with E-state index < -0.39 is 11.6 Å². The largest absolute Gasteiger partial charge is 0.358 e. The minimum Gasteiger partial charge on any atom is -0.358 e. The van der Waals surface area contributed by atoms with Crippen LogP contribution in [0.25, 0.3) is 10.9 Å². The molecule has 3 heteroatoms. The summed E-state index contributed by atoms with van der Waals surface area (Å²) in [6.07, 6.45) is 0. The van der Waals surface area contributed by atoms with Crippen LogP contribution >= 0.6 is 0 Å². The third-order valence-corrected chi connectivity index (χ3v) is 2.30. The van der Waals surface area contributed by atoms with E-state index in [1.54, 1.807) is 0 Å². The van der Waals surface area contributed by atoms with E-state index >= 15 is 0 Å². The van der Waals surface area contributed by atoms with Gasteiger partial charge in [-0.05, 0) is 18.1 Å². The highest BCUT2D eigenvalue weighted by molar-refractivity contribution is 5.80. The van der Waals surface area contributed by atoms with Crippen molar-refractivity contribution in [2.75, 3.05) is 0 Å². The highest BCUT2D eigenvalue weighted by Gasteiger charge is 2.08. The van der Waals surface area contributed by atoms with Gasteiger partial charge in [0.25, 0.3) is 0 Å². The van der Waals surface area contributed by atoms with Crippen LogP contribution < -0.4 is 0 Å². The number of H-pyrrole nitrogens is 1. The van der Waals surface area contributed by atoms with Gasteiger partial charge in [-0.3, -0.25) is 0 Å². The van der Waals surface area contributed by atoms with Gasteiger partial charge < -0.3 is 4.98 Å². The van der Waals surface area contributed by atoms with Gasteiger partial charge in [0.05, 0.1) is 0 Å². The number of hydrogen-bond donors (Lipinski definition) is 1. The van der Waals surface area contributed by atoms with Gasteiger partial charge in [-0.2, -0.15) is 0 Å². The van der Waals surface area contributed by atoms with Crippen LogP contribution in [0.2, 0.25) is 0 Å². The summed E-state index contributed by atoms with van der Waals surface area (Å²) in [6.45, 7) is 4.05. The Balaban J connectivity index is 2.66. The molecule has 2 rings (SSSR count). The number of fused-ring (bicyclic) bond motifs is 1. The fourth-order valence-electron chi connectivity index (χ4n) is 1.46. The number of hydrogen-bond acceptors (Lipinski definition) is 0. The Kier molecular flexibility index (Phi) is 2.02. The maximum atomic E-state index is 12.9. The van der Waals surface area contributed by atoms with E-state index in [0.717, 1.165) is 5.69 Å². The minimum absolute atomic E-state index is 0.327. The predicted octanol–water partition coefficient (Wildman–Crippen LogP) is 3.57. The molecule has 14 heavy (non-hydrogen) atoms. The Morgan fingerprint density at radius 3 is 2.36 bits per heavy atom. The number of aromatic nitrogens is 1. The maximum absolute atomic E-state index is 12.9. The Morgan fingerprint density at radius 1 is 1.07 bits per heavy atom. The molecule has 2 aromatic rings. The van der Waals surface area contributed by atoms with Gasteiger partial charge >= 0.3 is 0 Å². The molecular weight excluding hydrogens is 184 g/mol. The van der Waals surface area contributed by atoms with Crippen LogP contribution in [0.1, 0.15) is 25.5 Å². The molecule has 74 valence electrons. The standard InChI is InChI=1S/C11H11F2N/c1-6(2)10-4-7-3-8(12)9(13)5-11(7)14-10/h3-6,14H,1-2H3. The van der Waals surface area contributed by atoms with Gasteiger partial charge in [0.2, 0.25) is 0 Å². The molecule has 1 aromatic heterocycles. The zero-order chi connectivity index (χ0) is 10.3. The second-order valence-electron chi connectivity index (χ2n) is 3.73. The zero-order valence-corrected chi connectivity index (χ0v) is 8.07. The summed E-state index contributed by atoms with van der Waals surface area (Å²) in [5.74, 6) is -1.28. The van der Waals surface area contributed by atoms with Gasteiger partial charge in [0.1, 0.15) is 0 Å². The van der Waals surface area contributed by atoms with E-state index in [9.17, 15) is 8.78 Å². The summed E-state index contributed by atoms with van der Waals surface area (Å²) in [5, 5.41) is 0.715. The monoisotopic (exact) mass is 195 g/mol. The number of rotatable bonds is 1. The van der Waals surface area contributed by atoms with E-state index in [2.05, 4.69) is 4.98 Å². The normalized spacial score (nSPS) is 11.5. The average Bonchev–Trinajstić information content (AvgIpc) is 2.48. The molecule has 0 saturated heterocycles. The number of nitrogens with one attached hydrogen (secondary N) is 1. The fraction of sp³-hybridized carbons (Fsp3) is 0.273. The average molecular weight is 195 g/mol. The van der Waals surface area contributed by atoms with Crippen LogP contribution in [0, 0.1) is 11.6 Å². The Bertz CT molecular complexity index is 432. The van der Waals surface area contributed by atoms with Crippen molar-refractivity contribution in [3.63, 3.8) is 0 Å². The van der Waals surface area contributed by atoms with Crippen molar-refractivity contribution >= 4 is 10.9 Å². The van der Waals surface area contributed by atoms with Crippen LogP contribution in [-0.2, 0) is 0 Å². The van der Waals surface area contributed by atoms with Crippen molar-refractivity contribution in [3.8, 4) is 0 Å². The summed E-state index contributed by atoms with van der Waals surface area (Å²) in [4.78, 5) is 3.06. The number of halogens is 2. The maximum Gasteiger partial charge on any atom is 0.160 e. The van der Waals surface area contributed by atoms with Gasteiger partial charge in [0.15, 0.2) is 11.6 Å². The van der Waals surface area contributed by atoms with Crippen molar-refractivity contribution in [2.24, 2.45) is 0 Å². The van der Waals surface area contributed by atoms with Crippen molar-refractivity contribution < 1.29 is 8.78 Å². The molecule has 0 fully saturated rings. The third kappa shape index (κ3) is 1.39. The van der Waals surface area contributed by atoms with E-state index in [0.29, 0.717) is 16.8 Å². The van der Waals surface area contributed by atoms with Crippen LogP contribution in [0.3, 0.4) is 0 Å². The molecule has 1 heterocycles. The summed E-state index contributed by atoms with van der Waals surface area (Å²) in [6, 6.07) is 4.26. The summed E-state index contributed by atoms with van der Waals surface area (Å²) in [5.41, 5.74) is 1.64. The predicted molar refractivity (Wildman–Crippen MR) is 52.3 cm³/mol. The van der Waals surface area contributed by atoms with E-state index in [1.807, 2.05) is 19.9 Å². The Morgan fingerprint density at radius 2 is 1.71 bits per heavy atom. The van der Waals surface area contributed by atoms with Gasteiger partial charge in [0, 0.05) is 22.7 Å². The third-order valence-electron chi connectivity index (χ3n) is 2.30. The van der Waals surface area contributed by atoms with Crippen molar-refractivity contribution in [1.29, 1.82) is 0 Å². The minimum atomic E-state index is -0.811. The van der Waals surface area contributed by atoms with E-state index in [1.165, 1.54) is 12.1 Å². The fourth-order valence-corrected chi connectivity index (χ4v) is 1.46. The first-order valence-corrected chi connectivity index (χ1v) is 4.55. The van der Waals surface area contributed by atoms with Crippen LogP contribution in [0.5, 0.6) is 0 Å². The topological polar surface area (TPSA) is 15.8 Å². The van der Waals surface area contributed by atoms with Crippen LogP contribution in [0.4, 0.5) is 8.78 Å². The molecular formula is C11H11F2N. The smallest absolute Gasteiger partial charge is 0.160 e. The molecule has 1 N–H and O–H groups in total. The molecule has 0 aliphatic heterocycles. The molecule has 0 radical (unpaired) electrons. The van der Waals surface area contributed by atoms with Crippen LogP contribution in [0.15, 0.2) is 18.2 Å². The first kappa shape index (κ1) is 9.19. The molecule has 0 aliphatic carbocycles.